The van der Waals surface area contributed by atoms with Crippen LogP contribution in [0.2, 0.25) is 5.28 Å². The highest BCUT2D eigenvalue weighted by molar-refractivity contribution is 7.99. The lowest BCUT2D eigenvalue weighted by molar-refractivity contribution is 0.289. The lowest BCUT2D eigenvalue weighted by Gasteiger charge is -2.12. The summed E-state index contributed by atoms with van der Waals surface area (Å²) in [5.41, 5.74) is 0. The number of rotatable bonds is 5. The molecule has 1 rings (SSSR count). The van der Waals surface area contributed by atoms with Crippen molar-refractivity contribution >= 4 is 29.3 Å². The van der Waals surface area contributed by atoms with Crippen molar-refractivity contribution in [2.45, 2.75) is 23.8 Å². The van der Waals surface area contributed by atoms with Crippen molar-refractivity contribution in [2.24, 2.45) is 0 Å². The molecule has 0 saturated heterocycles. The van der Waals surface area contributed by atoms with E-state index < -0.39 is 0 Å². The van der Waals surface area contributed by atoms with E-state index in [1.54, 1.807) is 4.90 Å². The Bertz CT molecular complexity index is 350. The Kier molecular flexibility index (Phi) is 5.24. The third-order valence-electron chi connectivity index (χ3n) is 1.82. The van der Waals surface area contributed by atoms with Gasteiger partial charge in [0.15, 0.2) is 5.16 Å². The molecule has 0 bridgehead atoms. The molecule has 1 aromatic rings. The van der Waals surface area contributed by atoms with Gasteiger partial charge in [-0.1, -0.05) is 18.7 Å². The highest BCUT2D eigenvalue weighted by atomic mass is 35.5. The van der Waals surface area contributed by atoms with Crippen LogP contribution in [0.5, 0.6) is 0 Å². The van der Waals surface area contributed by atoms with Crippen LogP contribution in [-0.4, -0.2) is 46.0 Å². The SMILES string of the molecule is CC(CCO)Sc1nc(Cl)nc(N(C)C)n1. The van der Waals surface area contributed by atoms with Crippen molar-refractivity contribution in [3.8, 4) is 0 Å². The fourth-order valence-corrected chi connectivity index (χ4v) is 2.06. The first-order chi connectivity index (χ1) is 7.52. The molecular weight excluding hydrogens is 248 g/mol. The van der Waals surface area contributed by atoms with Crippen molar-refractivity contribution in [3.63, 3.8) is 0 Å². The Hall–Kier alpha value is -0.590. The first-order valence-corrected chi connectivity index (χ1v) is 6.15. The normalized spacial score (nSPS) is 12.6. The van der Waals surface area contributed by atoms with Gasteiger partial charge in [0.25, 0.3) is 0 Å². The Morgan fingerprint density at radius 2 is 2.06 bits per heavy atom. The van der Waals surface area contributed by atoms with Gasteiger partial charge in [-0.05, 0) is 18.0 Å². The van der Waals surface area contributed by atoms with E-state index in [-0.39, 0.29) is 17.1 Å². The van der Waals surface area contributed by atoms with Crippen LogP contribution in [0.4, 0.5) is 5.95 Å². The second-order valence-electron chi connectivity index (χ2n) is 3.52. The monoisotopic (exact) mass is 262 g/mol. The van der Waals surface area contributed by atoms with E-state index in [4.69, 9.17) is 16.7 Å². The second kappa shape index (κ2) is 6.22. The predicted molar refractivity (Wildman–Crippen MR) is 66.2 cm³/mol. The molecule has 1 N–H and O–H groups in total. The van der Waals surface area contributed by atoms with E-state index in [0.717, 1.165) is 0 Å². The molecule has 0 aliphatic rings. The molecule has 7 heteroatoms. The van der Waals surface area contributed by atoms with E-state index >= 15 is 0 Å². The van der Waals surface area contributed by atoms with E-state index in [1.807, 2.05) is 21.0 Å². The van der Waals surface area contributed by atoms with Crippen LogP contribution in [0.15, 0.2) is 5.16 Å². The first-order valence-electron chi connectivity index (χ1n) is 4.89. The quantitative estimate of drug-likeness (QED) is 0.811. The number of hydrogen-bond acceptors (Lipinski definition) is 6. The largest absolute Gasteiger partial charge is 0.396 e. The molecule has 1 atom stereocenters. The molecule has 90 valence electrons. The van der Waals surface area contributed by atoms with Crippen LogP contribution in [0, 0.1) is 0 Å². The van der Waals surface area contributed by atoms with Crippen LogP contribution < -0.4 is 4.90 Å². The van der Waals surface area contributed by atoms with Gasteiger partial charge in [0, 0.05) is 26.0 Å². The van der Waals surface area contributed by atoms with Gasteiger partial charge in [-0.3, -0.25) is 0 Å². The highest BCUT2D eigenvalue weighted by Crippen LogP contribution is 2.23. The predicted octanol–water partition coefficient (Wildman–Crippen LogP) is 1.45. The van der Waals surface area contributed by atoms with Gasteiger partial charge in [0.2, 0.25) is 11.2 Å². The van der Waals surface area contributed by atoms with Gasteiger partial charge in [-0.15, -0.1) is 0 Å². The van der Waals surface area contributed by atoms with Gasteiger partial charge in [0.1, 0.15) is 0 Å². The average molecular weight is 263 g/mol. The summed E-state index contributed by atoms with van der Waals surface area (Å²) in [4.78, 5) is 14.1. The summed E-state index contributed by atoms with van der Waals surface area (Å²) in [7, 11) is 3.69. The smallest absolute Gasteiger partial charge is 0.230 e. The number of anilines is 1. The molecular formula is C9H15ClN4OS. The van der Waals surface area contributed by atoms with Crippen LogP contribution in [0.1, 0.15) is 13.3 Å². The van der Waals surface area contributed by atoms with Crippen molar-refractivity contribution in [2.75, 3.05) is 25.6 Å². The van der Waals surface area contributed by atoms with Crippen LogP contribution in [-0.2, 0) is 0 Å². The molecule has 0 fully saturated rings. The third kappa shape index (κ3) is 4.11. The van der Waals surface area contributed by atoms with Crippen LogP contribution in [0.3, 0.4) is 0 Å². The van der Waals surface area contributed by atoms with E-state index in [1.165, 1.54) is 11.8 Å². The minimum Gasteiger partial charge on any atom is -0.396 e. The van der Waals surface area contributed by atoms with E-state index in [9.17, 15) is 0 Å². The van der Waals surface area contributed by atoms with Crippen molar-refractivity contribution in [3.05, 3.63) is 5.28 Å². The third-order valence-corrected chi connectivity index (χ3v) is 3.02. The molecule has 0 aliphatic carbocycles. The number of aliphatic hydroxyl groups excluding tert-OH is 1. The number of aliphatic hydroxyl groups is 1. The maximum absolute atomic E-state index is 8.81. The molecule has 0 spiro atoms. The van der Waals surface area contributed by atoms with Crippen molar-refractivity contribution in [1.82, 2.24) is 15.0 Å². The Morgan fingerprint density at radius 3 is 2.62 bits per heavy atom. The topological polar surface area (TPSA) is 62.1 Å². The fraction of sp³-hybridized carbons (Fsp3) is 0.667. The van der Waals surface area contributed by atoms with Gasteiger partial charge >= 0.3 is 0 Å². The Morgan fingerprint density at radius 1 is 1.38 bits per heavy atom. The summed E-state index contributed by atoms with van der Waals surface area (Å²) in [6.07, 6.45) is 0.700. The van der Waals surface area contributed by atoms with Gasteiger partial charge in [-0.25, -0.2) is 0 Å². The molecule has 5 nitrogen and oxygen atoms in total. The highest BCUT2D eigenvalue weighted by Gasteiger charge is 2.10. The minimum atomic E-state index is 0.160. The number of hydrogen-bond donors (Lipinski definition) is 1. The van der Waals surface area contributed by atoms with Crippen molar-refractivity contribution < 1.29 is 5.11 Å². The lowest BCUT2D eigenvalue weighted by atomic mass is 10.4. The molecule has 0 aromatic carbocycles. The molecule has 0 saturated carbocycles. The number of thioether (sulfide) groups is 1. The van der Waals surface area contributed by atoms with Crippen LogP contribution >= 0.6 is 23.4 Å². The summed E-state index contributed by atoms with van der Waals surface area (Å²) < 4.78 is 0. The van der Waals surface area contributed by atoms with Crippen LogP contribution in [0.25, 0.3) is 0 Å². The summed E-state index contributed by atoms with van der Waals surface area (Å²) in [5.74, 6) is 0.540. The summed E-state index contributed by atoms with van der Waals surface area (Å²) in [5, 5.41) is 9.84. The number of nitrogens with zero attached hydrogens (tertiary/aromatic N) is 4. The van der Waals surface area contributed by atoms with Gasteiger partial charge in [0.05, 0.1) is 0 Å². The zero-order chi connectivity index (χ0) is 12.1. The zero-order valence-electron chi connectivity index (χ0n) is 9.51. The maximum atomic E-state index is 8.81. The molecule has 16 heavy (non-hydrogen) atoms. The molecule has 1 heterocycles. The average Bonchev–Trinajstić information content (AvgIpc) is 2.16. The van der Waals surface area contributed by atoms with Crippen molar-refractivity contribution in [1.29, 1.82) is 0 Å². The van der Waals surface area contributed by atoms with Gasteiger partial charge < -0.3 is 10.0 Å². The standard InChI is InChI=1S/C9H15ClN4OS/c1-6(4-5-15)16-9-12-7(10)11-8(13-9)14(2)3/h6,15H,4-5H2,1-3H3. The summed E-state index contributed by atoms with van der Waals surface area (Å²) in [6, 6.07) is 0. The fourth-order valence-electron chi connectivity index (χ4n) is 0.995. The molecule has 1 unspecified atom stereocenters. The number of halogens is 1. The number of aromatic nitrogens is 3. The lowest BCUT2D eigenvalue weighted by Crippen LogP contribution is -2.14. The summed E-state index contributed by atoms with van der Waals surface area (Å²) >= 11 is 7.28. The summed E-state index contributed by atoms with van der Waals surface area (Å²) in [6.45, 7) is 2.17. The first kappa shape index (κ1) is 13.5. The molecule has 1 aromatic heterocycles. The van der Waals surface area contributed by atoms with E-state index in [0.29, 0.717) is 17.5 Å². The maximum Gasteiger partial charge on any atom is 0.230 e. The van der Waals surface area contributed by atoms with Gasteiger partial charge in [-0.2, -0.15) is 15.0 Å². The molecule has 0 amide bonds. The Labute approximate surface area is 104 Å². The second-order valence-corrected chi connectivity index (χ2v) is 5.27. The molecule has 0 aliphatic heterocycles. The zero-order valence-corrected chi connectivity index (χ0v) is 11.1. The Balaban J connectivity index is 2.80. The minimum absolute atomic E-state index is 0.160. The molecule has 0 radical (unpaired) electrons. The van der Waals surface area contributed by atoms with E-state index in [2.05, 4.69) is 15.0 Å².